The summed E-state index contributed by atoms with van der Waals surface area (Å²) < 4.78 is 7.42. The fraction of sp³-hybridized carbons (Fsp3) is 0.464. The molecule has 11 nitrogen and oxygen atoms in total. The monoisotopic (exact) mass is 564 g/mol. The van der Waals surface area contributed by atoms with E-state index in [1.807, 2.05) is 66.3 Å². The molecule has 0 radical (unpaired) electrons. The van der Waals surface area contributed by atoms with Crippen LogP contribution in [0.3, 0.4) is 0 Å². The number of carbonyl (C=O) groups excluding carboxylic acids is 2. The average molecular weight is 565 g/mol. The van der Waals surface area contributed by atoms with Crippen LogP contribution < -0.4 is 10.6 Å². The summed E-state index contributed by atoms with van der Waals surface area (Å²) in [7, 11) is 1.90. The van der Waals surface area contributed by atoms with Crippen molar-refractivity contribution in [1.82, 2.24) is 24.9 Å². The lowest BCUT2D eigenvalue weighted by atomic mass is 10.1. The number of aryl methyl sites for hydroxylation is 2. The molecule has 1 unspecified atom stereocenters. The van der Waals surface area contributed by atoms with Gasteiger partial charge in [0, 0.05) is 38.1 Å². The predicted octanol–water partition coefficient (Wildman–Crippen LogP) is 4.23. The summed E-state index contributed by atoms with van der Waals surface area (Å²) in [5, 5.41) is 11.5. The molecule has 3 aliphatic heterocycles. The van der Waals surface area contributed by atoms with Gasteiger partial charge in [-0.25, -0.2) is 9.79 Å². The summed E-state index contributed by atoms with van der Waals surface area (Å²) in [5.41, 5.74) is 3.07. The van der Waals surface area contributed by atoms with Crippen LogP contribution in [0.1, 0.15) is 61.0 Å². The molecule has 1 atom stereocenters. The maximum Gasteiger partial charge on any atom is 0.410 e. The normalized spacial score (nSPS) is 18.9. The third-order valence-electron chi connectivity index (χ3n) is 6.64. The Bertz CT molecular complexity index is 1440. The average Bonchev–Trinajstić information content (AvgIpc) is 3.61. The van der Waals surface area contributed by atoms with Crippen molar-refractivity contribution in [3.63, 3.8) is 0 Å². The molecule has 0 fully saturated rings. The third-order valence-corrected chi connectivity index (χ3v) is 7.80. The summed E-state index contributed by atoms with van der Waals surface area (Å²) in [6, 6.07) is 1.92. The summed E-state index contributed by atoms with van der Waals surface area (Å²) in [6.07, 6.45) is 8.38. The quantitative estimate of drug-likeness (QED) is 0.562. The number of nitrogens with one attached hydrogen (secondary N) is 2. The molecule has 40 heavy (non-hydrogen) atoms. The molecule has 12 heteroatoms. The minimum Gasteiger partial charge on any atom is -0.444 e. The van der Waals surface area contributed by atoms with Crippen LogP contribution in [-0.2, 0) is 11.8 Å². The molecular formula is C28H36N8O3S. The first-order chi connectivity index (χ1) is 19.0. The van der Waals surface area contributed by atoms with Gasteiger partial charge in [0.2, 0.25) is 0 Å². The zero-order chi connectivity index (χ0) is 28.6. The highest BCUT2D eigenvalue weighted by Gasteiger charge is 2.36. The molecule has 0 bridgehead atoms. The number of amides is 2. The lowest BCUT2D eigenvalue weighted by molar-refractivity contribution is 0.0263. The van der Waals surface area contributed by atoms with Gasteiger partial charge in [-0.15, -0.1) is 11.3 Å². The highest BCUT2D eigenvalue weighted by molar-refractivity contribution is 7.18. The molecule has 212 valence electrons. The molecule has 2 aromatic rings. The summed E-state index contributed by atoms with van der Waals surface area (Å²) in [6.45, 7) is 11.5. The van der Waals surface area contributed by atoms with Gasteiger partial charge in [-0.05, 0) is 58.2 Å². The van der Waals surface area contributed by atoms with Crippen molar-refractivity contribution in [3.8, 4) is 0 Å². The number of thiophene rings is 1. The van der Waals surface area contributed by atoms with E-state index in [-0.39, 0.29) is 18.0 Å². The lowest BCUT2D eigenvalue weighted by Crippen LogP contribution is -2.41. The second-order valence-corrected chi connectivity index (χ2v) is 12.1. The summed E-state index contributed by atoms with van der Waals surface area (Å²) in [5.74, 6) is 1.24. The van der Waals surface area contributed by atoms with Gasteiger partial charge in [0.25, 0.3) is 5.91 Å². The van der Waals surface area contributed by atoms with Crippen LogP contribution in [0.5, 0.6) is 0 Å². The van der Waals surface area contributed by atoms with Crippen molar-refractivity contribution in [1.29, 1.82) is 0 Å². The number of carbonyl (C=O) groups is 2. The van der Waals surface area contributed by atoms with Crippen LogP contribution in [0.15, 0.2) is 52.0 Å². The minimum absolute atomic E-state index is 0.0342. The van der Waals surface area contributed by atoms with Crippen LogP contribution in [0.25, 0.3) is 0 Å². The Kier molecular flexibility index (Phi) is 7.54. The fourth-order valence-electron chi connectivity index (χ4n) is 4.82. The Balaban J connectivity index is 1.46. The molecular weight excluding hydrogens is 528 g/mol. The van der Waals surface area contributed by atoms with Crippen molar-refractivity contribution in [2.75, 3.05) is 31.5 Å². The summed E-state index contributed by atoms with van der Waals surface area (Å²) in [4.78, 5) is 39.7. The maximum absolute atomic E-state index is 12.8. The molecule has 5 rings (SSSR count). The fourth-order valence-corrected chi connectivity index (χ4v) is 5.81. The van der Waals surface area contributed by atoms with E-state index in [0.29, 0.717) is 43.3 Å². The smallest absolute Gasteiger partial charge is 0.410 e. The first-order valence-electron chi connectivity index (χ1n) is 13.5. The van der Waals surface area contributed by atoms with Gasteiger partial charge < -0.3 is 25.2 Å². The number of anilines is 1. The van der Waals surface area contributed by atoms with Gasteiger partial charge in [0.15, 0.2) is 11.7 Å². The van der Waals surface area contributed by atoms with E-state index in [9.17, 15) is 9.59 Å². The molecule has 3 aliphatic rings. The zero-order valence-electron chi connectivity index (χ0n) is 23.8. The number of rotatable bonds is 5. The van der Waals surface area contributed by atoms with Crippen LogP contribution in [-0.4, -0.2) is 75.0 Å². The number of ether oxygens (including phenoxy) is 1. The topological polar surface area (TPSA) is 116 Å². The van der Waals surface area contributed by atoms with Crippen LogP contribution in [0.4, 0.5) is 9.80 Å². The molecule has 0 aliphatic carbocycles. The number of hydrogen-bond acceptors (Lipinski definition) is 9. The van der Waals surface area contributed by atoms with Gasteiger partial charge in [-0.2, -0.15) is 5.10 Å². The number of nitrogens with zero attached hydrogens (tertiary/aromatic N) is 6. The highest BCUT2D eigenvalue weighted by atomic mass is 32.1. The van der Waals surface area contributed by atoms with Gasteiger partial charge in [0.05, 0.1) is 40.9 Å². The van der Waals surface area contributed by atoms with Crippen molar-refractivity contribution >= 4 is 40.0 Å². The van der Waals surface area contributed by atoms with Crippen molar-refractivity contribution in [2.24, 2.45) is 17.0 Å². The minimum atomic E-state index is -0.568. The van der Waals surface area contributed by atoms with Gasteiger partial charge in [-0.3, -0.25) is 14.5 Å². The first kappa shape index (κ1) is 27.6. The molecule has 2 N–H and O–H groups in total. The van der Waals surface area contributed by atoms with E-state index < -0.39 is 5.60 Å². The van der Waals surface area contributed by atoms with Gasteiger partial charge in [0.1, 0.15) is 5.60 Å². The zero-order valence-corrected chi connectivity index (χ0v) is 24.6. The Morgan fingerprint density at radius 3 is 2.77 bits per heavy atom. The van der Waals surface area contributed by atoms with Crippen LogP contribution in [0, 0.1) is 6.92 Å². The van der Waals surface area contributed by atoms with E-state index in [0.717, 1.165) is 33.2 Å². The lowest BCUT2D eigenvalue weighted by Gasteiger charge is -2.32. The van der Waals surface area contributed by atoms with Crippen LogP contribution in [0.2, 0.25) is 0 Å². The number of hydrogen-bond donors (Lipinski definition) is 2. The number of amidine groups is 2. The molecule has 5 heterocycles. The Morgan fingerprint density at radius 1 is 1.27 bits per heavy atom. The number of aliphatic imine (C=N–C) groups is 2. The second kappa shape index (κ2) is 10.9. The van der Waals surface area contributed by atoms with E-state index >= 15 is 0 Å². The van der Waals surface area contributed by atoms with E-state index in [1.165, 1.54) is 11.3 Å². The molecule has 0 saturated heterocycles. The number of fused-ring (bicyclic) bond motifs is 1. The second-order valence-electron chi connectivity index (χ2n) is 11.0. The standard InChI is InChI=1S/C28H36N8O3S/c1-7-29-26(37)23-17(2)11-22(40-23)33-24-25-30-13-21(19-12-31-34(6)14-19)36(25)16-20(32-24)18-9-8-10-35(15-18)27(38)39-28(3,4)5/h9,11-12,14,16,21H,7-8,10,13,15H2,1-6H3,(H,29,37)(H,32,33). The van der Waals surface area contributed by atoms with E-state index in [1.54, 1.807) is 9.58 Å². The Morgan fingerprint density at radius 2 is 2.08 bits per heavy atom. The number of aromatic nitrogens is 2. The van der Waals surface area contributed by atoms with Crippen molar-refractivity contribution in [3.05, 3.63) is 58.0 Å². The molecule has 2 amide bonds. The van der Waals surface area contributed by atoms with Crippen molar-refractivity contribution in [2.45, 2.75) is 52.7 Å². The maximum atomic E-state index is 12.8. The molecule has 0 spiro atoms. The largest absolute Gasteiger partial charge is 0.444 e. The van der Waals surface area contributed by atoms with Gasteiger partial charge in [-0.1, -0.05) is 6.08 Å². The Hall–Kier alpha value is -3.93. The molecule has 0 saturated carbocycles. The van der Waals surface area contributed by atoms with Crippen molar-refractivity contribution < 1.29 is 14.3 Å². The van der Waals surface area contributed by atoms with Crippen LogP contribution >= 0.6 is 11.3 Å². The first-order valence-corrected chi connectivity index (χ1v) is 14.3. The molecule has 0 aromatic carbocycles. The molecule has 2 aromatic heterocycles. The highest BCUT2D eigenvalue weighted by Crippen LogP contribution is 2.34. The predicted molar refractivity (Wildman–Crippen MR) is 157 cm³/mol. The Labute approximate surface area is 238 Å². The SMILES string of the molecule is CCNC(=O)c1sc(NC2=NC(C3=CCCN(C(=O)OC(C)(C)C)C3)=CN3C2=NCC3c2cnn(C)c2)cc1C. The van der Waals surface area contributed by atoms with E-state index in [4.69, 9.17) is 14.7 Å². The summed E-state index contributed by atoms with van der Waals surface area (Å²) >= 11 is 1.39. The van der Waals surface area contributed by atoms with Gasteiger partial charge >= 0.3 is 6.09 Å². The van der Waals surface area contributed by atoms with E-state index in [2.05, 4.69) is 26.7 Å². The third kappa shape index (κ3) is 5.81.